The van der Waals surface area contributed by atoms with Crippen LogP contribution in [0.3, 0.4) is 0 Å². The summed E-state index contributed by atoms with van der Waals surface area (Å²) >= 11 is 0. The molecule has 2 N–H and O–H groups in total. The highest BCUT2D eigenvalue weighted by Crippen LogP contribution is 2.21. The Morgan fingerprint density at radius 1 is 1.27 bits per heavy atom. The van der Waals surface area contributed by atoms with E-state index in [1.54, 1.807) is 0 Å². The third kappa shape index (κ3) is 2.21. The molecule has 1 heterocycles. The Kier molecular flexibility index (Phi) is 3.07. The summed E-state index contributed by atoms with van der Waals surface area (Å²) in [4.78, 5) is 0. The van der Waals surface area contributed by atoms with Crippen LogP contribution in [0.1, 0.15) is 31.1 Å². The first kappa shape index (κ1) is 10.2. The van der Waals surface area contributed by atoms with Crippen LogP contribution < -0.4 is 5.73 Å². The molecule has 0 bridgehead atoms. The van der Waals surface area contributed by atoms with E-state index in [0.717, 1.165) is 23.3 Å². The van der Waals surface area contributed by atoms with E-state index in [1.807, 2.05) is 6.07 Å². The van der Waals surface area contributed by atoms with Crippen molar-refractivity contribution >= 4 is 11.0 Å². The van der Waals surface area contributed by atoms with Crippen molar-refractivity contribution in [1.82, 2.24) is 0 Å². The molecule has 15 heavy (non-hydrogen) atoms. The molecule has 0 unspecified atom stereocenters. The lowest BCUT2D eigenvalue weighted by Crippen LogP contribution is -1.94. The molecule has 2 rings (SSSR count). The van der Waals surface area contributed by atoms with Crippen molar-refractivity contribution in [3.05, 3.63) is 35.6 Å². The monoisotopic (exact) mass is 203 g/mol. The molecule has 1 aromatic heterocycles. The average Bonchev–Trinajstić information content (AvgIpc) is 2.67. The fourth-order valence-corrected chi connectivity index (χ4v) is 1.73. The van der Waals surface area contributed by atoms with Crippen molar-refractivity contribution in [2.75, 3.05) is 0 Å². The van der Waals surface area contributed by atoms with Gasteiger partial charge in [0.1, 0.15) is 11.3 Å². The normalized spacial score (nSPS) is 11.1. The molecule has 2 nitrogen and oxygen atoms in total. The van der Waals surface area contributed by atoms with Gasteiger partial charge in [-0.2, -0.15) is 0 Å². The van der Waals surface area contributed by atoms with Gasteiger partial charge in [-0.25, -0.2) is 0 Å². The molecule has 0 fully saturated rings. The van der Waals surface area contributed by atoms with Gasteiger partial charge >= 0.3 is 0 Å². The summed E-state index contributed by atoms with van der Waals surface area (Å²) in [5, 5.41) is 1.18. The predicted octanol–water partition coefficient (Wildman–Crippen LogP) is 3.23. The molecule has 2 heteroatoms. The van der Waals surface area contributed by atoms with Crippen LogP contribution in [-0.4, -0.2) is 0 Å². The number of rotatable bonds is 4. The summed E-state index contributed by atoms with van der Waals surface area (Å²) in [6.45, 7) is 2.76. The molecular formula is C13H17NO. The van der Waals surface area contributed by atoms with E-state index in [1.165, 1.54) is 18.2 Å². The maximum Gasteiger partial charge on any atom is 0.134 e. The van der Waals surface area contributed by atoms with Crippen molar-refractivity contribution in [3.63, 3.8) is 0 Å². The summed E-state index contributed by atoms with van der Waals surface area (Å²) in [5.74, 6) is 1.08. The predicted molar refractivity (Wildman–Crippen MR) is 62.7 cm³/mol. The summed E-state index contributed by atoms with van der Waals surface area (Å²) in [7, 11) is 0. The largest absolute Gasteiger partial charge is 0.461 e. The lowest BCUT2D eigenvalue weighted by molar-refractivity contribution is 0.536. The molecule has 0 amide bonds. The third-order valence-corrected chi connectivity index (χ3v) is 2.65. The maximum atomic E-state index is 5.76. The Hall–Kier alpha value is -1.28. The number of hydrogen-bond acceptors (Lipinski definition) is 2. The van der Waals surface area contributed by atoms with Crippen LogP contribution in [0.25, 0.3) is 11.0 Å². The molecule has 1 aromatic carbocycles. The zero-order valence-corrected chi connectivity index (χ0v) is 9.12. The van der Waals surface area contributed by atoms with Crippen molar-refractivity contribution in [3.8, 4) is 0 Å². The lowest BCUT2D eigenvalue weighted by atomic mass is 10.1. The summed E-state index contributed by atoms with van der Waals surface area (Å²) in [5.41, 5.74) is 7.67. The molecule has 0 aliphatic carbocycles. The summed E-state index contributed by atoms with van der Waals surface area (Å²) in [6, 6.07) is 8.30. The first-order valence-corrected chi connectivity index (χ1v) is 5.55. The highest BCUT2D eigenvalue weighted by molar-refractivity contribution is 5.78. The van der Waals surface area contributed by atoms with Crippen LogP contribution in [0, 0.1) is 0 Å². The van der Waals surface area contributed by atoms with Gasteiger partial charge in [0.15, 0.2) is 0 Å². The molecule has 0 radical (unpaired) electrons. The number of unbranched alkanes of at least 4 members (excludes halogenated alkanes) is 1. The van der Waals surface area contributed by atoms with Crippen LogP contribution >= 0.6 is 0 Å². The zero-order valence-electron chi connectivity index (χ0n) is 9.12. The van der Waals surface area contributed by atoms with Gasteiger partial charge in [-0.1, -0.05) is 25.5 Å². The number of hydrogen-bond donors (Lipinski definition) is 1. The molecule has 0 aliphatic rings. The average molecular weight is 203 g/mol. The standard InChI is InChI=1S/C13H17NO/c1-2-3-4-12-8-11-6-5-10(9-14)7-13(11)15-12/h5-8H,2-4,9,14H2,1H3. The minimum absolute atomic E-state index is 0.570. The van der Waals surface area contributed by atoms with Crippen LogP contribution in [0.15, 0.2) is 28.7 Å². The first-order chi connectivity index (χ1) is 7.33. The topological polar surface area (TPSA) is 39.2 Å². The van der Waals surface area contributed by atoms with E-state index in [-0.39, 0.29) is 0 Å². The van der Waals surface area contributed by atoms with Gasteiger partial charge in [-0.15, -0.1) is 0 Å². The minimum atomic E-state index is 0.570. The summed E-state index contributed by atoms with van der Waals surface area (Å²) in [6.07, 6.45) is 3.41. The molecule has 0 aliphatic heterocycles. The third-order valence-electron chi connectivity index (χ3n) is 2.65. The number of furan rings is 1. The van der Waals surface area contributed by atoms with Crippen LogP contribution in [0.2, 0.25) is 0 Å². The molecule has 80 valence electrons. The smallest absolute Gasteiger partial charge is 0.134 e. The van der Waals surface area contributed by atoms with Crippen molar-refractivity contribution in [1.29, 1.82) is 0 Å². The summed E-state index contributed by atoms with van der Waals surface area (Å²) < 4.78 is 5.76. The number of aryl methyl sites for hydroxylation is 1. The highest BCUT2D eigenvalue weighted by Gasteiger charge is 2.03. The van der Waals surface area contributed by atoms with E-state index in [9.17, 15) is 0 Å². The Labute approximate surface area is 90.1 Å². The van der Waals surface area contributed by atoms with E-state index in [4.69, 9.17) is 10.2 Å². The SMILES string of the molecule is CCCCc1cc2ccc(CN)cc2o1. The van der Waals surface area contributed by atoms with Gasteiger partial charge < -0.3 is 10.2 Å². The Morgan fingerprint density at radius 2 is 2.13 bits per heavy atom. The maximum absolute atomic E-state index is 5.76. The first-order valence-electron chi connectivity index (χ1n) is 5.55. The fourth-order valence-electron chi connectivity index (χ4n) is 1.73. The molecular weight excluding hydrogens is 186 g/mol. The highest BCUT2D eigenvalue weighted by atomic mass is 16.3. The number of benzene rings is 1. The van der Waals surface area contributed by atoms with Gasteiger partial charge in [0.2, 0.25) is 0 Å². The second-order valence-electron chi connectivity index (χ2n) is 3.89. The van der Waals surface area contributed by atoms with E-state index in [2.05, 4.69) is 25.1 Å². The fraction of sp³-hybridized carbons (Fsp3) is 0.385. The van der Waals surface area contributed by atoms with E-state index in [0.29, 0.717) is 6.54 Å². The van der Waals surface area contributed by atoms with Crippen molar-refractivity contribution < 1.29 is 4.42 Å². The molecule has 0 saturated heterocycles. The Balaban J connectivity index is 2.29. The van der Waals surface area contributed by atoms with E-state index < -0.39 is 0 Å². The van der Waals surface area contributed by atoms with Gasteiger partial charge in [0, 0.05) is 18.4 Å². The quantitative estimate of drug-likeness (QED) is 0.828. The number of fused-ring (bicyclic) bond motifs is 1. The van der Waals surface area contributed by atoms with Crippen LogP contribution in [-0.2, 0) is 13.0 Å². The van der Waals surface area contributed by atoms with Gasteiger partial charge in [0.25, 0.3) is 0 Å². The zero-order chi connectivity index (χ0) is 10.7. The van der Waals surface area contributed by atoms with Gasteiger partial charge in [-0.3, -0.25) is 0 Å². The lowest BCUT2D eigenvalue weighted by Gasteiger charge is -1.94. The Morgan fingerprint density at radius 3 is 2.87 bits per heavy atom. The molecule has 2 aromatic rings. The van der Waals surface area contributed by atoms with Crippen molar-refractivity contribution in [2.24, 2.45) is 5.73 Å². The van der Waals surface area contributed by atoms with E-state index >= 15 is 0 Å². The second kappa shape index (κ2) is 4.49. The second-order valence-corrected chi connectivity index (χ2v) is 3.89. The molecule has 0 atom stereocenters. The van der Waals surface area contributed by atoms with Gasteiger partial charge in [0.05, 0.1) is 0 Å². The molecule has 0 spiro atoms. The minimum Gasteiger partial charge on any atom is -0.461 e. The molecule has 0 saturated carbocycles. The number of nitrogens with two attached hydrogens (primary N) is 1. The van der Waals surface area contributed by atoms with Crippen LogP contribution in [0.5, 0.6) is 0 Å². The Bertz CT molecular complexity index is 445. The van der Waals surface area contributed by atoms with Crippen LogP contribution in [0.4, 0.5) is 0 Å². The van der Waals surface area contributed by atoms with Crippen molar-refractivity contribution in [2.45, 2.75) is 32.7 Å². The van der Waals surface area contributed by atoms with Gasteiger partial charge in [-0.05, 0) is 24.1 Å².